The highest BCUT2D eigenvalue weighted by molar-refractivity contribution is 7.10. The van der Waals surface area contributed by atoms with E-state index in [1.165, 1.54) is 10.4 Å². The average Bonchev–Trinajstić information content (AvgIpc) is 3.01. The molecule has 2 aromatic heterocycles. The minimum atomic E-state index is 0.0368. The minimum absolute atomic E-state index is 0.0368. The lowest BCUT2D eigenvalue weighted by molar-refractivity contribution is 0.383. The third-order valence-corrected chi connectivity index (χ3v) is 3.82. The molecule has 0 amide bonds. The third kappa shape index (κ3) is 4.31. The second-order valence-corrected chi connectivity index (χ2v) is 6.68. The van der Waals surface area contributed by atoms with Gasteiger partial charge < -0.3 is 15.1 Å². The van der Waals surface area contributed by atoms with Gasteiger partial charge in [-0.25, -0.2) is 0 Å². The molecule has 0 saturated heterocycles. The number of anilines is 1. The largest absolute Gasteiger partial charge is 0.407 e. The van der Waals surface area contributed by atoms with Crippen LogP contribution in [-0.4, -0.2) is 15.7 Å². The van der Waals surface area contributed by atoms with Crippen LogP contribution in [0, 0.1) is 0 Å². The van der Waals surface area contributed by atoms with Crippen molar-refractivity contribution in [1.29, 1.82) is 0 Å². The first-order valence-electron chi connectivity index (χ1n) is 6.84. The Labute approximate surface area is 123 Å². The van der Waals surface area contributed by atoms with Gasteiger partial charge in [0.15, 0.2) is 0 Å². The molecule has 0 unspecified atom stereocenters. The van der Waals surface area contributed by atoms with E-state index in [1.807, 2.05) is 0 Å². The van der Waals surface area contributed by atoms with Crippen LogP contribution in [-0.2, 0) is 19.5 Å². The van der Waals surface area contributed by atoms with E-state index in [2.05, 4.69) is 60.0 Å². The lowest BCUT2D eigenvalue weighted by atomic mass is 10.1. The van der Waals surface area contributed by atoms with E-state index in [-0.39, 0.29) is 5.54 Å². The van der Waals surface area contributed by atoms with E-state index in [4.69, 9.17) is 4.42 Å². The summed E-state index contributed by atoms with van der Waals surface area (Å²) in [6.07, 6.45) is 1.05. The van der Waals surface area contributed by atoms with Crippen molar-refractivity contribution in [3.63, 3.8) is 0 Å². The van der Waals surface area contributed by atoms with Crippen molar-refractivity contribution in [2.45, 2.75) is 52.7 Å². The fourth-order valence-electron chi connectivity index (χ4n) is 1.73. The standard InChI is InChI=1S/C14H22N4OS/c1-5-10-6-7-20-11(10)8-15-13-18-17-12(19-13)9-16-14(2,3)4/h6-7,16H,5,8-9H2,1-4H3,(H,15,18). The van der Waals surface area contributed by atoms with E-state index < -0.39 is 0 Å². The van der Waals surface area contributed by atoms with Crippen LogP contribution in [0.25, 0.3) is 0 Å². The number of nitrogens with zero attached hydrogens (tertiary/aromatic N) is 2. The number of hydrogen-bond donors (Lipinski definition) is 2. The first kappa shape index (κ1) is 15.0. The molecule has 0 aliphatic rings. The van der Waals surface area contributed by atoms with E-state index in [1.54, 1.807) is 11.3 Å². The number of hydrogen-bond acceptors (Lipinski definition) is 6. The zero-order valence-electron chi connectivity index (χ0n) is 12.5. The molecule has 20 heavy (non-hydrogen) atoms. The maximum absolute atomic E-state index is 5.56. The fourth-order valence-corrected chi connectivity index (χ4v) is 2.65. The van der Waals surface area contributed by atoms with Gasteiger partial charge in [0.1, 0.15) is 0 Å². The lowest BCUT2D eigenvalue weighted by Gasteiger charge is -2.18. The van der Waals surface area contributed by atoms with Crippen LogP contribution in [0.15, 0.2) is 15.9 Å². The van der Waals surface area contributed by atoms with Gasteiger partial charge in [-0.2, -0.15) is 0 Å². The van der Waals surface area contributed by atoms with Crippen LogP contribution >= 0.6 is 11.3 Å². The molecule has 2 heterocycles. The molecule has 0 fully saturated rings. The Hall–Kier alpha value is -1.40. The molecule has 0 atom stereocenters. The Balaban J connectivity index is 1.87. The summed E-state index contributed by atoms with van der Waals surface area (Å²) < 4.78 is 5.56. The van der Waals surface area contributed by atoms with Crippen molar-refractivity contribution in [2.75, 3.05) is 5.32 Å². The second-order valence-electron chi connectivity index (χ2n) is 5.68. The molecule has 2 rings (SSSR count). The number of aromatic nitrogens is 2. The summed E-state index contributed by atoms with van der Waals surface area (Å²) in [5, 5.41) is 16.6. The summed E-state index contributed by atoms with van der Waals surface area (Å²) in [5.41, 5.74) is 1.41. The summed E-state index contributed by atoms with van der Waals surface area (Å²) in [6, 6.07) is 2.64. The second kappa shape index (κ2) is 6.37. The monoisotopic (exact) mass is 294 g/mol. The van der Waals surface area contributed by atoms with Crippen molar-refractivity contribution in [1.82, 2.24) is 15.5 Å². The molecule has 5 nitrogen and oxygen atoms in total. The normalized spacial score (nSPS) is 11.8. The first-order valence-corrected chi connectivity index (χ1v) is 7.72. The van der Waals surface area contributed by atoms with Gasteiger partial charge >= 0.3 is 6.01 Å². The third-order valence-electron chi connectivity index (χ3n) is 2.86. The van der Waals surface area contributed by atoms with Gasteiger partial charge in [0, 0.05) is 10.4 Å². The minimum Gasteiger partial charge on any atom is -0.407 e. The molecule has 0 radical (unpaired) electrons. The Morgan fingerprint density at radius 1 is 1.25 bits per heavy atom. The summed E-state index contributed by atoms with van der Waals surface area (Å²) in [6.45, 7) is 9.78. The van der Waals surface area contributed by atoms with Crippen LogP contribution in [0.5, 0.6) is 0 Å². The van der Waals surface area contributed by atoms with Crippen molar-refractivity contribution in [3.8, 4) is 0 Å². The quantitative estimate of drug-likeness (QED) is 0.856. The van der Waals surface area contributed by atoms with E-state index >= 15 is 0 Å². The van der Waals surface area contributed by atoms with Gasteiger partial charge in [-0.3, -0.25) is 0 Å². The molecule has 0 saturated carbocycles. The maximum Gasteiger partial charge on any atom is 0.315 e. The van der Waals surface area contributed by atoms with Crippen molar-refractivity contribution in [2.24, 2.45) is 0 Å². The smallest absolute Gasteiger partial charge is 0.315 e. The van der Waals surface area contributed by atoms with Gasteiger partial charge in [-0.15, -0.1) is 16.4 Å². The van der Waals surface area contributed by atoms with E-state index in [0.717, 1.165) is 13.0 Å². The van der Waals surface area contributed by atoms with Crippen LogP contribution in [0.1, 0.15) is 44.0 Å². The Morgan fingerprint density at radius 3 is 2.75 bits per heavy atom. The summed E-state index contributed by atoms with van der Waals surface area (Å²) in [5.74, 6) is 0.601. The van der Waals surface area contributed by atoms with Crippen LogP contribution in [0.4, 0.5) is 6.01 Å². The van der Waals surface area contributed by atoms with Crippen LogP contribution < -0.4 is 10.6 Å². The molecular formula is C14H22N4OS. The SMILES string of the molecule is CCc1ccsc1CNc1nnc(CNC(C)(C)C)o1. The predicted octanol–water partition coefficient (Wildman–Crippen LogP) is 3.19. The molecule has 6 heteroatoms. The zero-order chi connectivity index (χ0) is 14.6. The highest BCUT2D eigenvalue weighted by Gasteiger charge is 2.12. The number of nitrogens with one attached hydrogen (secondary N) is 2. The summed E-state index contributed by atoms with van der Waals surface area (Å²) in [4.78, 5) is 1.32. The average molecular weight is 294 g/mol. The predicted molar refractivity (Wildman–Crippen MR) is 81.9 cm³/mol. The van der Waals surface area contributed by atoms with Crippen molar-refractivity contribution >= 4 is 17.4 Å². The summed E-state index contributed by atoms with van der Waals surface area (Å²) in [7, 11) is 0. The molecule has 0 spiro atoms. The van der Waals surface area contributed by atoms with Crippen molar-refractivity contribution in [3.05, 3.63) is 27.8 Å². The molecule has 2 N–H and O–H groups in total. The fraction of sp³-hybridized carbons (Fsp3) is 0.571. The topological polar surface area (TPSA) is 63.0 Å². The van der Waals surface area contributed by atoms with Gasteiger partial charge in [0.05, 0.1) is 13.1 Å². The van der Waals surface area contributed by atoms with Crippen LogP contribution in [0.3, 0.4) is 0 Å². The molecule has 110 valence electrons. The Bertz CT molecular complexity index is 541. The molecule has 0 aliphatic carbocycles. The molecule has 0 aliphatic heterocycles. The van der Waals surface area contributed by atoms with Gasteiger partial charge in [-0.1, -0.05) is 12.0 Å². The highest BCUT2D eigenvalue weighted by atomic mass is 32.1. The van der Waals surface area contributed by atoms with Gasteiger partial charge in [-0.05, 0) is 44.2 Å². The summed E-state index contributed by atoms with van der Waals surface area (Å²) >= 11 is 1.75. The van der Waals surface area contributed by atoms with Crippen molar-refractivity contribution < 1.29 is 4.42 Å². The molecule has 0 bridgehead atoms. The van der Waals surface area contributed by atoms with Gasteiger partial charge in [0.2, 0.25) is 5.89 Å². The Kier molecular flexibility index (Phi) is 4.77. The molecule has 2 aromatic rings. The maximum atomic E-state index is 5.56. The number of thiophene rings is 1. The molecular weight excluding hydrogens is 272 g/mol. The molecule has 0 aromatic carbocycles. The lowest BCUT2D eigenvalue weighted by Crippen LogP contribution is -2.35. The van der Waals surface area contributed by atoms with E-state index in [0.29, 0.717) is 18.5 Å². The highest BCUT2D eigenvalue weighted by Crippen LogP contribution is 2.18. The van der Waals surface area contributed by atoms with Gasteiger partial charge in [0.25, 0.3) is 0 Å². The Morgan fingerprint density at radius 2 is 2.05 bits per heavy atom. The van der Waals surface area contributed by atoms with Crippen LogP contribution in [0.2, 0.25) is 0 Å². The van der Waals surface area contributed by atoms with E-state index in [9.17, 15) is 0 Å². The zero-order valence-corrected chi connectivity index (χ0v) is 13.3. The number of aryl methyl sites for hydroxylation is 1. The number of rotatable bonds is 6. The first-order chi connectivity index (χ1) is 9.48.